The van der Waals surface area contributed by atoms with E-state index in [0.717, 1.165) is 4.90 Å². The molecule has 2 aliphatic heterocycles. The summed E-state index contributed by atoms with van der Waals surface area (Å²) in [5.74, 6) is -6.85. The van der Waals surface area contributed by atoms with Crippen LogP contribution in [0.2, 0.25) is 0 Å². The normalized spacial score (nSPS) is 35.4. The summed E-state index contributed by atoms with van der Waals surface area (Å²) in [6.07, 6.45) is 3.52. The molecular formula is C25H23Cl2N3O6. The van der Waals surface area contributed by atoms with Crippen LogP contribution >= 0.6 is 23.2 Å². The van der Waals surface area contributed by atoms with Gasteiger partial charge in [0.1, 0.15) is 5.75 Å². The highest BCUT2D eigenvalue weighted by molar-refractivity contribution is 6.53. The first-order valence-electron chi connectivity index (χ1n) is 11.4. The predicted octanol–water partition coefficient (Wildman–Crippen LogP) is 2.19. The monoisotopic (exact) mass is 531 g/mol. The zero-order valence-electron chi connectivity index (χ0n) is 19.2. The lowest BCUT2D eigenvalue weighted by Crippen LogP contribution is -2.60. The maximum Gasteiger partial charge on any atom is 0.328 e. The Hall–Kier alpha value is -3.17. The standard InChI is InChI=1S/C25H23Cl2N3O6/c1-3-5-11-6-4-7-14(18(11)31)17-12-8-9-13-16(20(33)30(19(13)32)23(28)36)15(12)10-24(26)21(34)29(2)22(35)25(17,24)27/h3-4,6-8,13,15-17,31H,1,5,9-10H2,2H3,(H2,28,36). The number of alkyl halides is 2. The molecule has 2 saturated heterocycles. The van der Waals surface area contributed by atoms with Gasteiger partial charge in [-0.3, -0.25) is 24.1 Å². The van der Waals surface area contributed by atoms with E-state index in [1.54, 1.807) is 30.4 Å². The Morgan fingerprint density at radius 1 is 1.19 bits per heavy atom. The van der Waals surface area contributed by atoms with E-state index in [2.05, 4.69) is 6.58 Å². The van der Waals surface area contributed by atoms with E-state index in [-0.39, 0.29) is 24.2 Å². The maximum atomic E-state index is 13.5. The number of benzene rings is 1. The van der Waals surface area contributed by atoms with Crippen molar-refractivity contribution in [3.05, 3.63) is 53.6 Å². The molecule has 5 rings (SSSR count). The van der Waals surface area contributed by atoms with Crippen LogP contribution in [0.25, 0.3) is 0 Å². The Balaban J connectivity index is 1.76. The SMILES string of the molecule is C=CCc1cccc(C2C3=CCC4C(=O)N(C(N)=O)C(=O)C4C3CC3(Cl)C(=O)N(C)C(=O)C23Cl)c1O. The molecule has 4 aliphatic rings. The van der Waals surface area contributed by atoms with E-state index in [4.69, 9.17) is 28.9 Å². The number of imide groups is 4. The number of carbonyl (C=O) groups excluding carboxylic acids is 5. The molecule has 0 bridgehead atoms. The maximum absolute atomic E-state index is 13.5. The fourth-order valence-corrected chi connectivity index (χ4v) is 7.48. The van der Waals surface area contributed by atoms with Gasteiger partial charge in [-0.25, -0.2) is 4.79 Å². The highest BCUT2D eigenvalue weighted by Crippen LogP contribution is 2.66. The highest BCUT2D eigenvalue weighted by atomic mass is 35.5. The lowest BCUT2D eigenvalue weighted by atomic mass is 9.56. The van der Waals surface area contributed by atoms with Gasteiger partial charge in [-0.1, -0.05) is 35.9 Å². The molecule has 1 saturated carbocycles. The van der Waals surface area contributed by atoms with Crippen molar-refractivity contribution in [3.63, 3.8) is 0 Å². The van der Waals surface area contributed by atoms with Gasteiger partial charge in [0.15, 0.2) is 9.75 Å². The smallest absolute Gasteiger partial charge is 0.328 e. The van der Waals surface area contributed by atoms with Crippen LogP contribution in [0.1, 0.15) is 29.9 Å². The highest BCUT2D eigenvalue weighted by Gasteiger charge is 2.76. The van der Waals surface area contributed by atoms with Gasteiger partial charge in [0, 0.05) is 18.5 Å². The Morgan fingerprint density at radius 2 is 1.89 bits per heavy atom. The number of hydrogen-bond acceptors (Lipinski definition) is 6. The van der Waals surface area contributed by atoms with E-state index in [1.165, 1.54) is 7.05 Å². The fourth-order valence-electron chi connectivity index (χ4n) is 6.47. The van der Waals surface area contributed by atoms with E-state index >= 15 is 0 Å². The number of halogens is 2. The van der Waals surface area contributed by atoms with Gasteiger partial charge in [0.25, 0.3) is 11.8 Å². The summed E-state index contributed by atoms with van der Waals surface area (Å²) in [6, 6.07) is 3.79. The number of fused-ring (bicyclic) bond motifs is 4. The first kappa shape index (κ1) is 24.5. The summed E-state index contributed by atoms with van der Waals surface area (Å²) in [5.41, 5.74) is 6.61. The molecule has 3 fully saturated rings. The number of allylic oxidation sites excluding steroid dienone is 3. The van der Waals surface area contributed by atoms with Crippen LogP contribution in [0.3, 0.4) is 0 Å². The number of nitrogens with zero attached hydrogens (tertiary/aromatic N) is 2. The van der Waals surface area contributed by atoms with Crippen molar-refractivity contribution < 1.29 is 29.1 Å². The van der Waals surface area contributed by atoms with Crippen molar-refractivity contribution in [2.24, 2.45) is 23.5 Å². The number of phenols is 1. The van der Waals surface area contributed by atoms with Crippen LogP contribution in [-0.2, 0) is 25.6 Å². The number of amides is 6. The number of rotatable bonds is 3. The first-order valence-corrected chi connectivity index (χ1v) is 12.2. The third-order valence-electron chi connectivity index (χ3n) is 8.06. The van der Waals surface area contributed by atoms with Crippen LogP contribution in [0.15, 0.2) is 42.5 Å². The molecule has 2 aliphatic carbocycles. The van der Waals surface area contributed by atoms with Crippen molar-refractivity contribution in [2.75, 3.05) is 7.05 Å². The number of hydrogen-bond donors (Lipinski definition) is 2. The zero-order valence-corrected chi connectivity index (χ0v) is 20.8. The zero-order chi connectivity index (χ0) is 26.3. The molecule has 2 heterocycles. The molecule has 1 aromatic carbocycles. The summed E-state index contributed by atoms with van der Waals surface area (Å²) in [5, 5.41) is 11.2. The van der Waals surface area contributed by atoms with Crippen LogP contribution in [0.5, 0.6) is 5.75 Å². The van der Waals surface area contributed by atoms with Crippen molar-refractivity contribution in [2.45, 2.75) is 34.9 Å². The fraction of sp³-hybridized carbons (Fsp3) is 0.400. The average Bonchev–Trinajstić information content (AvgIpc) is 3.16. The van der Waals surface area contributed by atoms with Gasteiger partial charge in [-0.2, -0.15) is 4.90 Å². The van der Waals surface area contributed by atoms with Crippen molar-refractivity contribution in [1.82, 2.24) is 9.80 Å². The van der Waals surface area contributed by atoms with Gasteiger partial charge in [-0.05, 0) is 30.7 Å². The minimum atomic E-state index is -2.01. The molecule has 9 nitrogen and oxygen atoms in total. The van der Waals surface area contributed by atoms with Crippen LogP contribution in [0, 0.1) is 17.8 Å². The largest absolute Gasteiger partial charge is 0.507 e. The number of urea groups is 1. The Labute approximate surface area is 216 Å². The molecule has 1 aromatic rings. The van der Waals surface area contributed by atoms with E-state index < -0.39 is 63.1 Å². The van der Waals surface area contributed by atoms with Gasteiger partial charge < -0.3 is 10.8 Å². The Kier molecular flexibility index (Phi) is 5.39. The minimum absolute atomic E-state index is 0.0920. The summed E-state index contributed by atoms with van der Waals surface area (Å²) in [7, 11) is 1.28. The quantitative estimate of drug-likeness (QED) is 0.348. The van der Waals surface area contributed by atoms with Crippen LogP contribution in [-0.4, -0.2) is 61.4 Å². The molecule has 6 amide bonds. The molecule has 6 atom stereocenters. The topological polar surface area (TPSA) is 138 Å². The summed E-state index contributed by atoms with van der Waals surface area (Å²) in [6.45, 7) is 3.70. The van der Waals surface area contributed by atoms with Gasteiger partial charge in [0.05, 0.1) is 11.8 Å². The van der Waals surface area contributed by atoms with Crippen LogP contribution in [0.4, 0.5) is 4.79 Å². The number of para-hydroxylation sites is 1. The molecular weight excluding hydrogens is 509 g/mol. The third-order valence-corrected chi connectivity index (χ3v) is 9.47. The molecule has 0 aromatic heterocycles. The number of likely N-dealkylation sites (tertiary alicyclic amines) is 2. The molecule has 0 radical (unpaired) electrons. The lowest BCUT2D eigenvalue weighted by Gasteiger charge is -2.50. The molecule has 188 valence electrons. The average molecular weight is 532 g/mol. The Morgan fingerprint density at radius 3 is 2.53 bits per heavy atom. The molecule has 0 spiro atoms. The molecule has 6 unspecified atom stereocenters. The molecule has 36 heavy (non-hydrogen) atoms. The third kappa shape index (κ3) is 2.81. The second kappa shape index (κ2) is 7.91. The number of aromatic hydroxyl groups is 1. The van der Waals surface area contributed by atoms with Crippen molar-refractivity contribution in [1.29, 1.82) is 0 Å². The summed E-state index contributed by atoms with van der Waals surface area (Å²) >= 11 is 14.1. The Bertz CT molecular complexity index is 1310. The molecule has 11 heteroatoms. The summed E-state index contributed by atoms with van der Waals surface area (Å²) < 4.78 is 0. The van der Waals surface area contributed by atoms with E-state index in [1.807, 2.05) is 0 Å². The predicted molar refractivity (Wildman–Crippen MR) is 129 cm³/mol. The van der Waals surface area contributed by atoms with Gasteiger partial charge in [-0.15, -0.1) is 29.8 Å². The van der Waals surface area contributed by atoms with Crippen LogP contribution < -0.4 is 5.73 Å². The number of nitrogens with two attached hydrogens (primary N) is 1. The van der Waals surface area contributed by atoms with Gasteiger partial charge >= 0.3 is 6.03 Å². The van der Waals surface area contributed by atoms with E-state index in [0.29, 0.717) is 22.5 Å². The van der Waals surface area contributed by atoms with E-state index in [9.17, 15) is 29.1 Å². The minimum Gasteiger partial charge on any atom is -0.507 e. The number of carbonyl (C=O) groups is 5. The van der Waals surface area contributed by atoms with Crippen molar-refractivity contribution >= 4 is 52.9 Å². The lowest BCUT2D eigenvalue weighted by molar-refractivity contribution is -0.139. The van der Waals surface area contributed by atoms with Crippen molar-refractivity contribution in [3.8, 4) is 5.75 Å². The number of primary amides is 1. The number of phenolic OH excluding ortho intramolecular Hbond substituents is 1. The summed E-state index contributed by atoms with van der Waals surface area (Å²) in [4.78, 5) is 62.2. The second-order valence-corrected chi connectivity index (χ2v) is 10.9. The second-order valence-electron chi connectivity index (χ2n) is 9.70. The van der Waals surface area contributed by atoms with Gasteiger partial charge in [0.2, 0.25) is 11.8 Å². The first-order chi connectivity index (χ1) is 16.9. The molecule has 3 N–H and O–H groups in total.